The highest BCUT2D eigenvalue weighted by atomic mass is 32.2. The normalized spacial score (nSPS) is 18.3. The van der Waals surface area contributed by atoms with Crippen molar-refractivity contribution in [1.29, 1.82) is 0 Å². The van der Waals surface area contributed by atoms with Gasteiger partial charge in [-0.25, -0.2) is 13.2 Å². The number of ether oxygens (including phenoxy) is 1. The van der Waals surface area contributed by atoms with Gasteiger partial charge in [0, 0.05) is 12.3 Å². The van der Waals surface area contributed by atoms with Gasteiger partial charge in [0.1, 0.15) is 12.6 Å². The van der Waals surface area contributed by atoms with Crippen LogP contribution < -0.4 is 5.56 Å². The first kappa shape index (κ1) is 20.8. The van der Waals surface area contributed by atoms with Gasteiger partial charge < -0.3 is 9.30 Å². The van der Waals surface area contributed by atoms with E-state index in [1.807, 2.05) is 30.3 Å². The smallest absolute Gasteiger partial charge is 0.329 e. The molecule has 6 nitrogen and oxygen atoms in total. The van der Waals surface area contributed by atoms with Crippen LogP contribution in [0.25, 0.3) is 0 Å². The molecule has 0 N–H and O–H groups in total. The fourth-order valence-electron chi connectivity index (χ4n) is 4.19. The molecule has 2 fully saturated rings. The van der Waals surface area contributed by atoms with Crippen LogP contribution in [0.5, 0.6) is 0 Å². The molecule has 0 spiro atoms. The lowest BCUT2D eigenvalue weighted by atomic mass is 9.98. The predicted molar refractivity (Wildman–Crippen MR) is 113 cm³/mol. The van der Waals surface area contributed by atoms with Crippen LogP contribution in [-0.2, 0) is 26.0 Å². The summed E-state index contributed by atoms with van der Waals surface area (Å²) in [6.45, 7) is 0.143. The zero-order chi connectivity index (χ0) is 21.1. The second kappa shape index (κ2) is 8.76. The zero-order valence-electron chi connectivity index (χ0n) is 16.9. The standard InChI is InChI=1S/C23H27NO5S/c25-22-15-20(30(27,28)19-10-11-19)12-13-24(22)21(14-17-6-4-5-7-17)23(26)29-16-18-8-2-1-3-9-18/h1-3,8-9,12-13,15,17,19,21H,4-7,10-11,14,16H2/t21-/m0/s1. The minimum Gasteiger partial charge on any atom is -0.459 e. The summed E-state index contributed by atoms with van der Waals surface area (Å²) in [5.41, 5.74) is 0.403. The van der Waals surface area contributed by atoms with E-state index >= 15 is 0 Å². The quantitative estimate of drug-likeness (QED) is 0.598. The van der Waals surface area contributed by atoms with Crippen LogP contribution in [0.15, 0.2) is 58.4 Å². The molecule has 1 atom stereocenters. The van der Waals surface area contributed by atoms with Gasteiger partial charge in [-0.15, -0.1) is 0 Å². The lowest BCUT2D eigenvalue weighted by Crippen LogP contribution is -2.32. The lowest BCUT2D eigenvalue weighted by molar-refractivity contribution is -0.149. The Morgan fingerprint density at radius 3 is 2.40 bits per heavy atom. The molecule has 2 aromatic rings. The molecule has 0 radical (unpaired) electrons. The summed E-state index contributed by atoms with van der Waals surface area (Å²) in [5.74, 6) is -0.0910. The Balaban J connectivity index is 1.57. The molecule has 2 saturated carbocycles. The van der Waals surface area contributed by atoms with Gasteiger partial charge in [0.2, 0.25) is 0 Å². The highest BCUT2D eigenvalue weighted by Gasteiger charge is 2.37. The fourth-order valence-corrected chi connectivity index (χ4v) is 5.84. The zero-order valence-corrected chi connectivity index (χ0v) is 17.7. The van der Waals surface area contributed by atoms with Gasteiger partial charge >= 0.3 is 5.97 Å². The van der Waals surface area contributed by atoms with Crippen molar-refractivity contribution in [2.24, 2.45) is 5.92 Å². The van der Waals surface area contributed by atoms with Gasteiger partial charge in [0.25, 0.3) is 5.56 Å². The molecule has 4 rings (SSSR count). The van der Waals surface area contributed by atoms with Crippen LogP contribution >= 0.6 is 0 Å². The average molecular weight is 430 g/mol. The van der Waals surface area contributed by atoms with E-state index in [0.29, 0.717) is 25.2 Å². The van der Waals surface area contributed by atoms with E-state index in [-0.39, 0.29) is 16.8 Å². The van der Waals surface area contributed by atoms with Crippen molar-refractivity contribution in [3.8, 4) is 0 Å². The van der Waals surface area contributed by atoms with Crippen LogP contribution in [0.2, 0.25) is 0 Å². The molecule has 0 unspecified atom stereocenters. The number of esters is 1. The molecule has 1 aromatic heterocycles. The first-order chi connectivity index (χ1) is 14.4. The summed E-state index contributed by atoms with van der Waals surface area (Å²) in [5, 5.41) is -0.377. The molecular formula is C23H27NO5S. The molecule has 1 heterocycles. The summed E-state index contributed by atoms with van der Waals surface area (Å²) in [4.78, 5) is 25.8. The molecule has 1 aromatic carbocycles. The van der Waals surface area contributed by atoms with Crippen molar-refractivity contribution in [2.45, 2.75) is 67.7 Å². The number of carbonyl (C=O) groups excluding carboxylic acids is 1. The number of hydrogen-bond donors (Lipinski definition) is 0. The molecule has 0 bridgehead atoms. The van der Waals surface area contributed by atoms with Crippen LogP contribution in [0.1, 0.15) is 56.6 Å². The highest BCUT2D eigenvalue weighted by Crippen LogP contribution is 2.34. The van der Waals surface area contributed by atoms with Gasteiger partial charge in [-0.1, -0.05) is 56.0 Å². The minimum absolute atomic E-state index is 0.0449. The summed E-state index contributed by atoms with van der Waals surface area (Å²) in [6.07, 6.45) is 7.58. The van der Waals surface area contributed by atoms with Crippen molar-refractivity contribution >= 4 is 15.8 Å². The Hall–Kier alpha value is -2.41. The van der Waals surface area contributed by atoms with E-state index in [9.17, 15) is 18.0 Å². The molecule has 7 heteroatoms. The van der Waals surface area contributed by atoms with E-state index in [4.69, 9.17) is 4.74 Å². The predicted octanol–water partition coefficient (Wildman–Crippen LogP) is 3.65. The Bertz CT molecular complexity index is 1050. The van der Waals surface area contributed by atoms with Crippen molar-refractivity contribution in [1.82, 2.24) is 4.57 Å². The Labute approximate surface area is 176 Å². The summed E-state index contributed by atoms with van der Waals surface area (Å²) in [7, 11) is -3.45. The maximum Gasteiger partial charge on any atom is 0.329 e. The first-order valence-electron chi connectivity index (χ1n) is 10.6. The summed E-state index contributed by atoms with van der Waals surface area (Å²) in [6, 6.07) is 11.3. The number of aromatic nitrogens is 1. The SMILES string of the molecule is O=C(OCc1ccccc1)[C@H](CC1CCCC1)n1ccc(S(=O)(=O)C2CC2)cc1=O. The van der Waals surface area contributed by atoms with Crippen LogP contribution in [0.4, 0.5) is 0 Å². The van der Waals surface area contributed by atoms with Gasteiger partial charge in [0.05, 0.1) is 10.1 Å². The molecule has 2 aliphatic rings. The monoisotopic (exact) mass is 429 g/mol. The lowest BCUT2D eigenvalue weighted by Gasteiger charge is -2.22. The topological polar surface area (TPSA) is 82.4 Å². The molecule has 160 valence electrons. The Kier molecular flexibility index (Phi) is 6.09. The van der Waals surface area contributed by atoms with Crippen LogP contribution in [-0.4, -0.2) is 24.2 Å². The number of benzene rings is 1. The highest BCUT2D eigenvalue weighted by molar-refractivity contribution is 7.92. The van der Waals surface area contributed by atoms with E-state index in [1.54, 1.807) is 0 Å². The number of hydrogen-bond acceptors (Lipinski definition) is 5. The van der Waals surface area contributed by atoms with Crippen molar-refractivity contribution in [3.05, 3.63) is 64.6 Å². The van der Waals surface area contributed by atoms with Crippen LogP contribution in [0, 0.1) is 5.92 Å². The Morgan fingerprint density at radius 1 is 1.07 bits per heavy atom. The van der Waals surface area contributed by atoms with Gasteiger partial charge in [-0.05, 0) is 36.8 Å². The molecular weight excluding hydrogens is 402 g/mol. The third-order valence-corrected chi connectivity index (χ3v) is 8.33. The third-order valence-electron chi connectivity index (χ3n) is 6.07. The summed E-state index contributed by atoms with van der Waals surface area (Å²) >= 11 is 0. The second-order valence-corrected chi connectivity index (χ2v) is 10.6. The molecule has 0 amide bonds. The molecule has 30 heavy (non-hydrogen) atoms. The van der Waals surface area contributed by atoms with E-state index in [2.05, 4.69) is 0 Å². The minimum atomic E-state index is -3.45. The van der Waals surface area contributed by atoms with Gasteiger partial charge in [-0.2, -0.15) is 0 Å². The van der Waals surface area contributed by atoms with Gasteiger partial charge in [-0.3, -0.25) is 4.79 Å². The van der Waals surface area contributed by atoms with E-state index in [1.165, 1.54) is 16.8 Å². The number of rotatable bonds is 8. The number of pyridine rings is 1. The molecule has 2 aliphatic carbocycles. The van der Waals surface area contributed by atoms with Crippen LogP contribution in [0.3, 0.4) is 0 Å². The van der Waals surface area contributed by atoms with E-state index in [0.717, 1.165) is 37.3 Å². The second-order valence-electron chi connectivity index (χ2n) is 8.35. The molecule has 0 saturated heterocycles. The fraction of sp³-hybridized carbons (Fsp3) is 0.478. The maximum absolute atomic E-state index is 13.0. The van der Waals surface area contributed by atoms with Crippen molar-refractivity contribution < 1.29 is 17.9 Å². The summed E-state index contributed by atoms with van der Waals surface area (Å²) < 4.78 is 31.8. The van der Waals surface area contributed by atoms with Crippen molar-refractivity contribution in [2.75, 3.05) is 0 Å². The van der Waals surface area contributed by atoms with Crippen molar-refractivity contribution in [3.63, 3.8) is 0 Å². The Morgan fingerprint density at radius 2 is 1.77 bits per heavy atom. The van der Waals surface area contributed by atoms with E-state index < -0.39 is 27.4 Å². The van der Waals surface area contributed by atoms with Gasteiger partial charge in [0.15, 0.2) is 9.84 Å². The largest absolute Gasteiger partial charge is 0.459 e. The average Bonchev–Trinajstić information content (AvgIpc) is 3.49. The number of sulfone groups is 1. The first-order valence-corrected chi connectivity index (χ1v) is 12.2. The third kappa shape index (κ3) is 4.67. The molecule has 0 aliphatic heterocycles. The number of carbonyl (C=O) groups is 1. The number of nitrogens with zero attached hydrogens (tertiary/aromatic N) is 1. The maximum atomic E-state index is 13.0.